The third-order valence-corrected chi connectivity index (χ3v) is 5.75. The molecule has 1 fully saturated rings. The summed E-state index contributed by atoms with van der Waals surface area (Å²) in [6, 6.07) is 6.82. The Labute approximate surface area is 126 Å². The maximum Gasteiger partial charge on any atom is 0.251 e. The Kier molecular flexibility index (Phi) is 4.56. The lowest BCUT2D eigenvalue weighted by Gasteiger charge is -2.19. The minimum atomic E-state index is -3.17. The molecule has 0 bridgehead atoms. The summed E-state index contributed by atoms with van der Waals surface area (Å²) in [5.41, 5.74) is 1.17. The van der Waals surface area contributed by atoms with Crippen LogP contribution in [0.5, 0.6) is 0 Å². The number of benzene rings is 1. The maximum absolute atomic E-state index is 12.1. The van der Waals surface area contributed by atoms with Crippen molar-refractivity contribution in [1.29, 1.82) is 0 Å². The molecule has 1 heterocycles. The van der Waals surface area contributed by atoms with E-state index in [2.05, 4.69) is 5.32 Å². The van der Waals surface area contributed by atoms with Crippen LogP contribution in [0.3, 0.4) is 0 Å². The van der Waals surface area contributed by atoms with E-state index in [1.807, 2.05) is 20.8 Å². The number of carbonyl (C=O) groups is 1. The number of carbonyl (C=O) groups excluding carboxylic acids is 1. The molecule has 0 unspecified atom stereocenters. The van der Waals surface area contributed by atoms with Gasteiger partial charge in [0, 0.05) is 18.2 Å². The van der Waals surface area contributed by atoms with E-state index in [0.29, 0.717) is 30.1 Å². The zero-order chi connectivity index (χ0) is 15.6. The van der Waals surface area contributed by atoms with Crippen LogP contribution in [0.2, 0.25) is 0 Å². The van der Waals surface area contributed by atoms with E-state index in [1.54, 1.807) is 24.3 Å². The van der Waals surface area contributed by atoms with Crippen molar-refractivity contribution in [3.05, 3.63) is 29.8 Å². The van der Waals surface area contributed by atoms with Crippen molar-refractivity contribution in [1.82, 2.24) is 5.32 Å². The average Bonchev–Trinajstić information content (AvgIpc) is 2.78. The van der Waals surface area contributed by atoms with Gasteiger partial charge in [-0.3, -0.25) is 9.10 Å². The average molecular weight is 310 g/mol. The molecule has 1 saturated heterocycles. The first-order valence-electron chi connectivity index (χ1n) is 7.22. The molecule has 0 aliphatic carbocycles. The standard InChI is InChI=1S/C15H22N2O3S/c1-11(2)12(3)16-15(18)13-5-7-14(8-6-13)17-9-4-10-21(17,19)20/h5-8,11-12H,4,9-10H2,1-3H3,(H,16,18)/t12-/m0/s1. The topological polar surface area (TPSA) is 66.5 Å². The molecular weight excluding hydrogens is 288 g/mol. The molecule has 0 radical (unpaired) electrons. The summed E-state index contributed by atoms with van der Waals surface area (Å²) in [7, 11) is -3.17. The molecule has 2 rings (SSSR count). The zero-order valence-electron chi connectivity index (χ0n) is 12.7. The van der Waals surface area contributed by atoms with Gasteiger partial charge >= 0.3 is 0 Å². The summed E-state index contributed by atoms with van der Waals surface area (Å²) < 4.78 is 25.1. The number of sulfonamides is 1. The molecule has 0 spiro atoms. The van der Waals surface area contributed by atoms with Gasteiger partial charge in [0.25, 0.3) is 5.91 Å². The molecule has 5 nitrogen and oxygen atoms in total. The van der Waals surface area contributed by atoms with Gasteiger partial charge in [0.15, 0.2) is 0 Å². The van der Waals surface area contributed by atoms with Crippen LogP contribution >= 0.6 is 0 Å². The number of rotatable bonds is 4. The number of hydrogen-bond donors (Lipinski definition) is 1. The first-order valence-corrected chi connectivity index (χ1v) is 8.83. The lowest BCUT2D eigenvalue weighted by molar-refractivity contribution is 0.0930. The van der Waals surface area contributed by atoms with Gasteiger partial charge in [-0.15, -0.1) is 0 Å². The van der Waals surface area contributed by atoms with Gasteiger partial charge in [-0.25, -0.2) is 8.42 Å². The van der Waals surface area contributed by atoms with Crippen molar-refractivity contribution in [3.8, 4) is 0 Å². The fourth-order valence-electron chi connectivity index (χ4n) is 2.17. The molecule has 1 amide bonds. The van der Waals surface area contributed by atoms with E-state index in [9.17, 15) is 13.2 Å². The smallest absolute Gasteiger partial charge is 0.251 e. The second kappa shape index (κ2) is 6.05. The highest BCUT2D eigenvalue weighted by Gasteiger charge is 2.28. The van der Waals surface area contributed by atoms with E-state index in [1.165, 1.54) is 4.31 Å². The van der Waals surface area contributed by atoms with Crippen LogP contribution in [0.25, 0.3) is 0 Å². The fourth-order valence-corrected chi connectivity index (χ4v) is 3.73. The normalized spacial score (nSPS) is 18.8. The van der Waals surface area contributed by atoms with Crippen LogP contribution in [0.4, 0.5) is 5.69 Å². The van der Waals surface area contributed by atoms with Crippen LogP contribution in [0.15, 0.2) is 24.3 Å². The molecule has 1 N–H and O–H groups in total. The molecule has 1 aromatic rings. The summed E-state index contributed by atoms with van der Waals surface area (Å²) in [6.07, 6.45) is 0.649. The van der Waals surface area contributed by atoms with Gasteiger partial charge < -0.3 is 5.32 Å². The predicted molar refractivity (Wildman–Crippen MR) is 84.0 cm³/mol. The van der Waals surface area contributed by atoms with Crippen LogP contribution in [0.1, 0.15) is 37.6 Å². The molecule has 6 heteroatoms. The van der Waals surface area contributed by atoms with Crippen molar-refractivity contribution < 1.29 is 13.2 Å². The quantitative estimate of drug-likeness (QED) is 0.925. The second-order valence-electron chi connectivity index (χ2n) is 5.79. The van der Waals surface area contributed by atoms with E-state index >= 15 is 0 Å². The summed E-state index contributed by atoms with van der Waals surface area (Å²) >= 11 is 0. The van der Waals surface area contributed by atoms with Gasteiger partial charge in [-0.05, 0) is 43.5 Å². The van der Waals surface area contributed by atoms with Crippen molar-refractivity contribution in [2.45, 2.75) is 33.2 Å². The molecule has 1 aliphatic rings. The van der Waals surface area contributed by atoms with Crippen LogP contribution in [0, 0.1) is 5.92 Å². The highest BCUT2D eigenvalue weighted by atomic mass is 32.2. The summed E-state index contributed by atoms with van der Waals surface area (Å²) in [4.78, 5) is 12.1. The zero-order valence-corrected chi connectivity index (χ0v) is 13.5. The third kappa shape index (κ3) is 3.56. The first kappa shape index (κ1) is 15.8. The molecule has 21 heavy (non-hydrogen) atoms. The Morgan fingerprint density at radius 1 is 1.19 bits per heavy atom. The highest BCUT2D eigenvalue weighted by Crippen LogP contribution is 2.24. The number of amides is 1. The van der Waals surface area contributed by atoms with Crippen molar-refractivity contribution in [3.63, 3.8) is 0 Å². The number of nitrogens with one attached hydrogen (secondary N) is 1. The Morgan fingerprint density at radius 2 is 1.81 bits per heavy atom. The number of anilines is 1. The van der Waals surface area contributed by atoms with Crippen LogP contribution < -0.4 is 9.62 Å². The number of nitrogens with zero attached hydrogens (tertiary/aromatic N) is 1. The Morgan fingerprint density at radius 3 is 2.29 bits per heavy atom. The predicted octanol–water partition coefficient (Wildman–Crippen LogP) is 2.00. The van der Waals surface area contributed by atoms with E-state index in [4.69, 9.17) is 0 Å². The lowest BCUT2D eigenvalue weighted by atomic mass is 10.1. The van der Waals surface area contributed by atoms with Crippen molar-refractivity contribution in [2.24, 2.45) is 5.92 Å². The Bertz CT molecular complexity index is 608. The molecule has 1 aromatic carbocycles. The summed E-state index contributed by atoms with van der Waals surface area (Å²) in [6.45, 7) is 6.57. The second-order valence-corrected chi connectivity index (χ2v) is 7.81. The third-order valence-electron chi connectivity index (χ3n) is 3.88. The van der Waals surface area contributed by atoms with E-state index in [0.717, 1.165) is 0 Å². The fraction of sp³-hybridized carbons (Fsp3) is 0.533. The monoisotopic (exact) mass is 310 g/mol. The van der Waals surface area contributed by atoms with E-state index in [-0.39, 0.29) is 17.7 Å². The minimum absolute atomic E-state index is 0.0936. The molecule has 1 atom stereocenters. The largest absolute Gasteiger partial charge is 0.349 e. The van der Waals surface area contributed by atoms with Gasteiger partial charge in [0.2, 0.25) is 10.0 Å². The first-order chi connectivity index (χ1) is 9.81. The summed E-state index contributed by atoms with van der Waals surface area (Å²) in [5, 5.41) is 2.93. The molecule has 0 aromatic heterocycles. The van der Waals surface area contributed by atoms with Gasteiger partial charge in [0.1, 0.15) is 0 Å². The van der Waals surface area contributed by atoms with Crippen molar-refractivity contribution >= 4 is 21.6 Å². The van der Waals surface area contributed by atoms with Gasteiger partial charge in [-0.2, -0.15) is 0 Å². The molecule has 116 valence electrons. The van der Waals surface area contributed by atoms with Gasteiger partial charge in [-0.1, -0.05) is 13.8 Å². The van der Waals surface area contributed by atoms with Gasteiger partial charge in [0.05, 0.1) is 11.4 Å². The van der Waals surface area contributed by atoms with Crippen LogP contribution in [-0.4, -0.2) is 32.7 Å². The Balaban J connectivity index is 2.11. The Hall–Kier alpha value is -1.56. The molecular formula is C15H22N2O3S. The lowest BCUT2D eigenvalue weighted by Crippen LogP contribution is -2.36. The van der Waals surface area contributed by atoms with E-state index < -0.39 is 10.0 Å². The number of hydrogen-bond acceptors (Lipinski definition) is 3. The molecule has 1 aliphatic heterocycles. The summed E-state index contributed by atoms with van der Waals surface area (Å²) in [5.74, 6) is 0.427. The molecule has 0 saturated carbocycles. The SMILES string of the molecule is CC(C)[C@H](C)NC(=O)c1ccc(N2CCCS2(=O)=O)cc1. The van der Waals surface area contributed by atoms with Crippen molar-refractivity contribution in [2.75, 3.05) is 16.6 Å². The highest BCUT2D eigenvalue weighted by molar-refractivity contribution is 7.93. The maximum atomic E-state index is 12.1. The minimum Gasteiger partial charge on any atom is -0.349 e. The van der Waals surface area contributed by atoms with Crippen LogP contribution in [-0.2, 0) is 10.0 Å².